The lowest BCUT2D eigenvalue weighted by Crippen LogP contribution is -2.10. The molecule has 2 rings (SSSR count). The van der Waals surface area contributed by atoms with E-state index >= 15 is 0 Å². The molecule has 0 spiro atoms. The minimum Gasteiger partial charge on any atom is -0.495 e. The minimum atomic E-state index is -3.62. The van der Waals surface area contributed by atoms with E-state index in [4.69, 9.17) is 15.1 Å². The van der Waals surface area contributed by atoms with Crippen molar-refractivity contribution in [2.24, 2.45) is 0 Å². The Morgan fingerprint density at radius 2 is 2.33 bits per heavy atom. The van der Waals surface area contributed by atoms with E-state index in [1.807, 2.05) is 6.07 Å². The van der Waals surface area contributed by atoms with Gasteiger partial charge in [0.1, 0.15) is 17.4 Å². The molecule has 1 aromatic heterocycles. The average Bonchev–Trinajstić information content (AvgIpc) is 3.09. The fourth-order valence-corrected chi connectivity index (χ4v) is 2.85. The Hall–Kier alpha value is -2.97. The zero-order valence-corrected chi connectivity index (χ0v) is 13.4. The largest absolute Gasteiger partial charge is 0.495 e. The van der Waals surface area contributed by atoms with Gasteiger partial charge in [0.25, 0.3) is 0 Å². The number of nitrogens with zero attached hydrogens (tertiary/aromatic N) is 4. The van der Waals surface area contributed by atoms with E-state index in [9.17, 15) is 8.42 Å². The zero-order chi connectivity index (χ0) is 17.6. The number of nitrogens with one attached hydrogen (secondary N) is 2. The molecule has 0 fully saturated rings. The highest BCUT2D eigenvalue weighted by molar-refractivity contribution is 7.91. The van der Waals surface area contributed by atoms with E-state index in [0.29, 0.717) is 11.4 Å². The van der Waals surface area contributed by atoms with Gasteiger partial charge in [0, 0.05) is 6.20 Å². The Morgan fingerprint density at radius 1 is 1.54 bits per heavy atom. The standard InChI is InChI=1S/C13H14N6O4S/c1-23-12-3-2-10(24(21,22)5-4-20)6-11(12)15-8-9(7-14)13-16-18-19-17-13/h2-3,6,8,15,20H,4-5H2,1H3,(H,16,17,18,19). The summed E-state index contributed by atoms with van der Waals surface area (Å²) in [6.07, 6.45) is 1.31. The van der Waals surface area contributed by atoms with Gasteiger partial charge in [0.2, 0.25) is 5.82 Å². The molecule has 24 heavy (non-hydrogen) atoms. The van der Waals surface area contributed by atoms with Gasteiger partial charge in [-0.05, 0) is 23.4 Å². The van der Waals surface area contributed by atoms with Crippen molar-refractivity contribution in [2.75, 3.05) is 24.8 Å². The molecule has 11 heteroatoms. The maximum Gasteiger partial charge on any atom is 0.216 e. The molecule has 0 atom stereocenters. The molecule has 0 saturated carbocycles. The van der Waals surface area contributed by atoms with E-state index in [-0.39, 0.29) is 22.0 Å². The molecule has 3 N–H and O–H groups in total. The molecule has 0 aliphatic carbocycles. The first-order valence-corrected chi connectivity index (χ1v) is 8.29. The summed E-state index contributed by atoms with van der Waals surface area (Å²) in [6, 6.07) is 6.10. The topological polar surface area (TPSA) is 154 Å². The number of H-pyrrole nitrogens is 1. The highest BCUT2D eigenvalue weighted by atomic mass is 32.2. The van der Waals surface area contributed by atoms with Crippen molar-refractivity contribution < 1.29 is 18.3 Å². The van der Waals surface area contributed by atoms with Crippen LogP contribution in [0.5, 0.6) is 5.75 Å². The van der Waals surface area contributed by atoms with Crippen LogP contribution in [0.15, 0.2) is 29.3 Å². The van der Waals surface area contributed by atoms with Crippen LogP contribution in [-0.4, -0.2) is 53.6 Å². The van der Waals surface area contributed by atoms with Crippen LogP contribution < -0.4 is 10.1 Å². The molecule has 0 amide bonds. The van der Waals surface area contributed by atoms with Gasteiger partial charge in [-0.2, -0.15) is 10.5 Å². The number of aliphatic hydroxyl groups excluding tert-OH is 1. The quantitative estimate of drug-likeness (QED) is 0.583. The van der Waals surface area contributed by atoms with E-state index in [2.05, 4.69) is 25.9 Å². The highest BCUT2D eigenvalue weighted by Gasteiger charge is 2.16. The third kappa shape index (κ3) is 3.86. The van der Waals surface area contributed by atoms with E-state index in [0.717, 1.165) is 0 Å². The first kappa shape index (κ1) is 17.4. The molecule has 0 aliphatic rings. The average molecular weight is 350 g/mol. The molecule has 0 radical (unpaired) electrons. The number of anilines is 1. The second-order valence-electron chi connectivity index (χ2n) is 4.45. The van der Waals surface area contributed by atoms with Crippen molar-refractivity contribution in [1.82, 2.24) is 20.6 Å². The summed E-state index contributed by atoms with van der Waals surface area (Å²) in [5.74, 6) is 0.0774. The number of aromatic amines is 1. The van der Waals surface area contributed by atoms with Gasteiger partial charge >= 0.3 is 0 Å². The molecule has 0 aliphatic heterocycles. The fraction of sp³-hybridized carbons (Fsp3) is 0.231. The van der Waals surface area contributed by atoms with Crippen LogP contribution in [0.1, 0.15) is 5.82 Å². The Labute approximate surface area is 137 Å². The van der Waals surface area contributed by atoms with Crippen molar-refractivity contribution >= 4 is 21.1 Å². The van der Waals surface area contributed by atoms with Crippen LogP contribution in [-0.2, 0) is 9.84 Å². The minimum absolute atomic E-state index is 0.0197. The van der Waals surface area contributed by atoms with Crippen molar-refractivity contribution in [1.29, 1.82) is 5.26 Å². The number of methoxy groups -OCH3 is 1. The van der Waals surface area contributed by atoms with Crippen LogP contribution in [0.4, 0.5) is 5.69 Å². The number of sulfone groups is 1. The van der Waals surface area contributed by atoms with Crippen LogP contribution in [0.3, 0.4) is 0 Å². The monoisotopic (exact) mass is 350 g/mol. The van der Waals surface area contributed by atoms with Crippen LogP contribution >= 0.6 is 0 Å². The SMILES string of the molecule is COc1ccc(S(=O)(=O)CCO)cc1NC=C(C#N)c1nn[nH]n1. The Bertz CT molecular complexity index is 870. The smallest absolute Gasteiger partial charge is 0.216 e. The summed E-state index contributed by atoms with van der Waals surface area (Å²) in [5.41, 5.74) is 0.419. The Balaban J connectivity index is 2.37. The summed E-state index contributed by atoms with van der Waals surface area (Å²) in [5, 5.41) is 33.8. The maximum absolute atomic E-state index is 12.0. The number of benzene rings is 1. The molecule has 1 aromatic carbocycles. The molecule has 0 unspecified atom stereocenters. The maximum atomic E-state index is 12.0. The summed E-state index contributed by atoms with van der Waals surface area (Å²) < 4.78 is 29.2. The molecule has 1 heterocycles. The summed E-state index contributed by atoms with van der Waals surface area (Å²) >= 11 is 0. The van der Waals surface area contributed by atoms with Crippen molar-refractivity contribution in [3.8, 4) is 11.8 Å². The van der Waals surface area contributed by atoms with E-state index in [1.165, 1.54) is 31.5 Å². The molecular weight excluding hydrogens is 336 g/mol. The lowest BCUT2D eigenvalue weighted by molar-refractivity contribution is 0.319. The number of aliphatic hydroxyl groups is 1. The van der Waals surface area contributed by atoms with Crippen molar-refractivity contribution in [3.05, 3.63) is 30.2 Å². The number of allylic oxidation sites excluding steroid dienone is 1. The van der Waals surface area contributed by atoms with Gasteiger partial charge in [-0.15, -0.1) is 10.2 Å². The van der Waals surface area contributed by atoms with Crippen LogP contribution in [0, 0.1) is 11.3 Å². The van der Waals surface area contributed by atoms with Crippen LogP contribution in [0.2, 0.25) is 0 Å². The van der Waals surface area contributed by atoms with Crippen LogP contribution in [0.25, 0.3) is 5.57 Å². The summed E-state index contributed by atoms with van der Waals surface area (Å²) in [4.78, 5) is 0.0197. The fourth-order valence-electron chi connectivity index (χ4n) is 1.80. The number of rotatable bonds is 7. The predicted molar refractivity (Wildman–Crippen MR) is 83.5 cm³/mol. The van der Waals surface area contributed by atoms with Gasteiger partial charge in [0.05, 0.1) is 30.1 Å². The van der Waals surface area contributed by atoms with Crippen molar-refractivity contribution in [3.63, 3.8) is 0 Å². The summed E-state index contributed by atoms with van der Waals surface area (Å²) in [7, 11) is -2.19. The Morgan fingerprint density at radius 3 is 2.92 bits per heavy atom. The first-order chi connectivity index (χ1) is 11.5. The molecule has 126 valence electrons. The third-order valence-electron chi connectivity index (χ3n) is 2.97. The highest BCUT2D eigenvalue weighted by Crippen LogP contribution is 2.28. The number of tetrazole rings is 1. The molecular formula is C13H14N6O4S. The van der Waals surface area contributed by atoms with Gasteiger partial charge < -0.3 is 15.2 Å². The number of ether oxygens (including phenoxy) is 1. The number of aromatic nitrogens is 4. The molecule has 2 aromatic rings. The normalized spacial score (nSPS) is 11.8. The lowest BCUT2D eigenvalue weighted by Gasteiger charge is -2.11. The number of hydrogen-bond donors (Lipinski definition) is 3. The van der Waals surface area contributed by atoms with Gasteiger partial charge in [0.15, 0.2) is 9.84 Å². The third-order valence-corrected chi connectivity index (χ3v) is 4.66. The van der Waals surface area contributed by atoms with Crippen molar-refractivity contribution in [2.45, 2.75) is 4.90 Å². The first-order valence-electron chi connectivity index (χ1n) is 6.64. The van der Waals surface area contributed by atoms with E-state index < -0.39 is 16.4 Å². The lowest BCUT2D eigenvalue weighted by atomic mass is 10.2. The number of nitriles is 1. The number of hydrogen-bond acceptors (Lipinski definition) is 9. The van der Waals surface area contributed by atoms with Gasteiger partial charge in [-0.1, -0.05) is 0 Å². The summed E-state index contributed by atoms with van der Waals surface area (Å²) in [6.45, 7) is -0.479. The molecule has 0 bridgehead atoms. The predicted octanol–water partition coefficient (Wildman–Crippen LogP) is -0.0491. The molecule has 10 nitrogen and oxygen atoms in total. The van der Waals surface area contributed by atoms with Gasteiger partial charge in [-0.3, -0.25) is 0 Å². The zero-order valence-electron chi connectivity index (χ0n) is 12.6. The van der Waals surface area contributed by atoms with Gasteiger partial charge in [-0.25, -0.2) is 8.42 Å². The second-order valence-corrected chi connectivity index (χ2v) is 6.56. The van der Waals surface area contributed by atoms with E-state index in [1.54, 1.807) is 0 Å². The molecule has 0 saturated heterocycles. The second kappa shape index (κ2) is 7.53. The Kier molecular flexibility index (Phi) is 5.46.